The van der Waals surface area contributed by atoms with E-state index in [1.54, 1.807) is 20.8 Å². The average Bonchev–Trinajstić information content (AvgIpc) is 2.69. The van der Waals surface area contributed by atoms with Gasteiger partial charge in [-0.05, 0) is 44.4 Å². The fraction of sp³-hybridized carbons (Fsp3) is 0.696. The number of amides is 1. The second kappa shape index (κ2) is 11.2. The summed E-state index contributed by atoms with van der Waals surface area (Å²) in [6.07, 6.45) is 4.48. The van der Waals surface area contributed by atoms with Crippen LogP contribution in [0.5, 0.6) is 0 Å². The quantitative estimate of drug-likeness (QED) is 0.591. The Morgan fingerprint density at radius 2 is 1.90 bits per heavy atom. The number of unbranched alkanes of at least 4 members (excludes halogenated alkanes) is 3. The van der Waals surface area contributed by atoms with Gasteiger partial charge in [0.05, 0.1) is 18.4 Å². The van der Waals surface area contributed by atoms with Crippen molar-refractivity contribution in [2.45, 2.75) is 71.4 Å². The van der Waals surface area contributed by atoms with Gasteiger partial charge in [0, 0.05) is 30.6 Å². The Bertz CT molecular complexity index is 694. The molecule has 0 saturated carbocycles. The standard InChI is InChI=1S/C23H36F2N2O3/c1-23(2,3)22(30)27(21-14-17(24)8-9-20(21)25)12-7-5-4-6-11-26-13-10-19(29)15-18(26)16-28/h8-9,14,18-19,28-29H,4-7,10-13,15-16H2,1-3H3. The van der Waals surface area contributed by atoms with Crippen molar-refractivity contribution >= 4 is 11.6 Å². The number of halogens is 2. The molecule has 0 aromatic heterocycles. The molecule has 2 unspecified atom stereocenters. The minimum Gasteiger partial charge on any atom is -0.395 e. The first-order valence-corrected chi connectivity index (χ1v) is 10.9. The van der Waals surface area contributed by atoms with Crippen LogP contribution in [-0.4, -0.2) is 59.4 Å². The van der Waals surface area contributed by atoms with E-state index in [-0.39, 0.29) is 30.3 Å². The summed E-state index contributed by atoms with van der Waals surface area (Å²) in [5, 5.41) is 19.2. The second-order valence-electron chi connectivity index (χ2n) is 9.27. The molecule has 1 aromatic carbocycles. The van der Waals surface area contributed by atoms with Gasteiger partial charge in [-0.1, -0.05) is 33.6 Å². The Balaban J connectivity index is 1.86. The number of nitrogens with zero attached hydrogens (tertiary/aromatic N) is 2. The molecule has 1 aliphatic heterocycles. The molecule has 30 heavy (non-hydrogen) atoms. The predicted molar refractivity (Wildman–Crippen MR) is 114 cm³/mol. The molecule has 1 saturated heterocycles. The van der Waals surface area contributed by atoms with Gasteiger partial charge < -0.3 is 15.1 Å². The van der Waals surface area contributed by atoms with Crippen molar-refractivity contribution in [1.29, 1.82) is 0 Å². The third kappa shape index (κ3) is 7.00. The summed E-state index contributed by atoms with van der Waals surface area (Å²) < 4.78 is 28.0. The van der Waals surface area contributed by atoms with E-state index in [9.17, 15) is 23.8 Å². The molecule has 0 aliphatic carbocycles. The molecule has 1 heterocycles. The van der Waals surface area contributed by atoms with Crippen LogP contribution in [0.25, 0.3) is 0 Å². The number of carbonyl (C=O) groups excluding carboxylic acids is 1. The van der Waals surface area contributed by atoms with Crippen LogP contribution in [0.1, 0.15) is 59.3 Å². The first-order chi connectivity index (χ1) is 14.1. The monoisotopic (exact) mass is 426 g/mol. The van der Waals surface area contributed by atoms with Gasteiger partial charge in [-0.15, -0.1) is 0 Å². The zero-order valence-corrected chi connectivity index (χ0v) is 18.4. The highest BCUT2D eigenvalue weighted by Crippen LogP contribution is 2.27. The first kappa shape index (κ1) is 24.7. The Morgan fingerprint density at radius 1 is 1.20 bits per heavy atom. The summed E-state index contributed by atoms with van der Waals surface area (Å²) in [6, 6.07) is 3.21. The number of hydrogen-bond acceptors (Lipinski definition) is 4. The molecule has 0 spiro atoms. The maximum absolute atomic E-state index is 14.3. The van der Waals surface area contributed by atoms with Crippen LogP contribution >= 0.6 is 0 Å². The SMILES string of the molecule is CC(C)(C)C(=O)N(CCCCCCN1CCC(O)CC1CO)c1cc(F)ccc1F. The lowest BCUT2D eigenvalue weighted by Gasteiger charge is -2.36. The molecule has 1 aromatic rings. The Hall–Kier alpha value is -1.57. The van der Waals surface area contributed by atoms with E-state index < -0.39 is 17.0 Å². The van der Waals surface area contributed by atoms with Gasteiger partial charge in [0.1, 0.15) is 11.6 Å². The lowest BCUT2D eigenvalue weighted by molar-refractivity contribution is -0.125. The van der Waals surface area contributed by atoms with Crippen molar-refractivity contribution in [2.75, 3.05) is 31.1 Å². The zero-order chi connectivity index (χ0) is 22.3. The van der Waals surface area contributed by atoms with Crippen LogP contribution in [0.4, 0.5) is 14.5 Å². The number of aliphatic hydroxyl groups is 2. The normalized spacial score (nSPS) is 20.4. The molecule has 1 fully saturated rings. The molecule has 2 N–H and O–H groups in total. The van der Waals surface area contributed by atoms with Gasteiger partial charge in [0.15, 0.2) is 0 Å². The first-order valence-electron chi connectivity index (χ1n) is 10.9. The van der Waals surface area contributed by atoms with Crippen LogP contribution in [0.15, 0.2) is 18.2 Å². The van der Waals surface area contributed by atoms with Crippen LogP contribution in [-0.2, 0) is 4.79 Å². The van der Waals surface area contributed by atoms with Gasteiger partial charge >= 0.3 is 0 Å². The van der Waals surface area contributed by atoms with E-state index >= 15 is 0 Å². The molecule has 0 bridgehead atoms. The number of anilines is 1. The maximum Gasteiger partial charge on any atom is 0.232 e. The molecule has 0 radical (unpaired) electrons. The number of aliphatic hydroxyl groups excluding tert-OH is 2. The molecule has 2 rings (SSSR count). The minimum atomic E-state index is -0.698. The summed E-state index contributed by atoms with van der Waals surface area (Å²) in [6.45, 7) is 7.36. The summed E-state index contributed by atoms with van der Waals surface area (Å²) in [5.74, 6) is -1.40. The van der Waals surface area contributed by atoms with E-state index in [4.69, 9.17) is 0 Å². The number of rotatable bonds is 9. The topological polar surface area (TPSA) is 64.0 Å². The third-order valence-electron chi connectivity index (χ3n) is 5.68. The number of likely N-dealkylation sites (tertiary alicyclic amines) is 1. The van der Waals surface area contributed by atoms with E-state index in [1.807, 2.05) is 0 Å². The summed E-state index contributed by atoms with van der Waals surface area (Å²) in [7, 11) is 0. The molecular formula is C23H36F2N2O3. The number of carbonyl (C=O) groups is 1. The van der Waals surface area contributed by atoms with Crippen LogP contribution in [0.2, 0.25) is 0 Å². The molecule has 1 amide bonds. The Kier molecular flexibility index (Phi) is 9.19. The highest BCUT2D eigenvalue weighted by atomic mass is 19.1. The fourth-order valence-corrected chi connectivity index (χ4v) is 3.93. The molecule has 7 heteroatoms. The van der Waals surface area contributed by atoms with Crippen LogP contribution in [0.3, 0.4) is 0 Å². The van der Waals surface area contributed by atoms with Gasteiger partial charge in [0.2, 0.25) is 5.91 Å². The second-order valence-corrected chi connectivity index (χ2v) is 9.27. The third-order valence-corrected chi connectivity index (χ3v) is 5.68. The zero-order valence-electron chi connectivity index (χ0n) is 18.4. The van der Waals surface area contributed by atoms with Gasteiger partial charge in [-0.25, -0.2) is 8.78 Å². The van der Waals surface area contributed by atoms with Crippen molar-refractivity contribution in [2.24, 2.45) is 5.41 Å². The van der Waals surface area contributed by atoms with Gasteiger partial charge in [-0.2, -0.15) is 0 Å². The lowest BCUT2D eigenvalue weighted by atomic mass is 9.94. The summed E-state index contributed by atoms with van der Waals surface area (Å²) >= 11 is 0. The average molecular weight is 427 g/mol. The van der Waals surface area contributed by atoms with Crippen molar-refractivity contribution in [1.82, 2.24) is 4.90 Å². The lowest BCUT2D eigenvalue weighted by Crippen LogP contribution is -2.46. The van der Waals surface area contributed by atoms with Crippen molar-refractivity contribution in [3.05, 3.63) is 29.8 Å². The molecule has 170 valence electrons. The number of piperidine rings is 1. The number of benzene rings is 1. The highest BCUT2D eigenvalue weighted by Gasteiger charge is 2.30. The smallest absolute Gasteiger partial charge is 0.232 e. The van der Waals surface area contributed by atoms with Crippen molar-refractivity contribution < 1.29 is 23.8 Å². The van der Waals surface area contributed by atoms with Crippen molar-refractivity contribution in [3.63, 3.8) is 0 Å². The van der Waals surface area contributed by atoms with Crippen LogP contribution in [0, 0.1) is 17.0 Å². The van der Waals surface area contributed by atoms with E-state index in [0.717, 1.165) is 57.0 Å². The molecule has 1 aliphatic rings. The maximum atomic E-state index is 14.3. The largest absolute Gasteiger partial charge is 0.395 e. The molecule has 5 nitrogen and oxygen atoms in total. The van der Waals surface area contributed by atoms with Gasteiger partial charge in [0.25, 0.3) is 0 Å². The minimum absolute atomic E-state index is 0.00686. The summed E-state index contributed by atoms with van der Waals surface area (Å²) in [5.41, 5.74) is -0.704. The van der Waals surface area contributed by atoms with E-state index in [2.05, 4.69) is 4.90 Å². The highest BCUT2D eigenvalue weighted by molar-refractivity contribution is 5.97. The van der Waals surface area contributed by atoms with Crippen molar-refractivity contribution in [3.8, 4) is 0 Å². The van der Waals surface area contributed by atoms with Crippen LogP contribution < -0.4 is 4.90 Å². The van der Waals surface area contributed by atoms with Gasteiger partial charge in [-0.3, -0.25) is 9.69 Å². The predicted octanol–water partition coefficient (Wildman–Crippen LogP) is 3.72. The fourth-order valence-electron chi connectivity index (χ4n) is 3.93. The summed E-state index contributed by atoms with van der Waals surface area (Å²) in [4.78, 5) is 16.4. The molecule has 2 atom stereocenters. The van der Waals surface area contributed by atoms with E-state index in [1.165, 1.54) is 4.90 Å². The van der Waals surface area contributed by atoms with E-state index in [0.29, 0.717) is 19.4 Å². The molecular weight excluding hydrogens is 390 g/mol. The Labute approximate surface area is 178 Å². The number of hydrogen-bond donors (Lipinski definition) is 2. The Morgan fingerprint density at radius 3 is 2.57 bits per heavy atom.